The third kappa shape index (κ3) is 3.21. The second-order valence-electron chi connectivity index (χ2n) is 3.86. The van der Waals surface area contributed by atoms with E-state index >= 15 is 0 Å². The number of aromatic nitrogens is 1. The summed E-state index contributed by atoms with van der Waals surface area (Å²) < 4.78 is 5.51. The summed E-state index contributed by atoms with van der Waals surface area (Å²) >= 11 is 0. The minimum absolute atomic E-state index is 0.296. The number of nitriles is 1. The van der Waals surface area contributed by atoms with E-state index in [9.17, 15) is 0 Å². The molecule has 4 heteroatoms. The standard InChI is InChI=1S/C12H17N3O/c1-3-12(14,4-2)9-16-11-6-5-10(7-13)8-15-11/h5-6,8H,3-4,9,14H2,1-2H3. The Bertz CT molecular complexity index is 363. The third-order valence-electron chi connectivity index (χ3n) is 2.78. The quantitative estimate of drug-likeness (QED) is 0.820. The van der Waals surface area contributed by atoms with Crippen LogP contribution >= 0.6 is 0 Å². The van der Waals surface area contributed by atoms with E-state index in [0.717, 1.165) is 12.8 Å². The lowest BCUT2D eigenvalue weighted by Gasteiger charge is -2.26. The molecule has 16 heavy (non-hydrogen) atoms. The van der Waals surface area contributed by atoms with Crippen LogP contribution in [0.15, 0.2) is 18.3 Å². The van der Waals surface area contributed by atoms with Crippen molar-refractivity contribution in [2.24, 2.45) is 5.73 Å². The Kier molecular flexibility index (Phi) is 4.27. The molecule has 1 aromatic rings. The smallest absolute Gasteiger partial charge is 0.213 e. The van der Waals surface area contributed by atoms with Gasteiger partial charge in [-0.2, -0.15) is 5.26 Å². The van der Waals surface area contributed by atoms with Gasteiger partial charge in [-0.15, -0.1) is 0 Å². The van der Waals surface area contributed by atoms with Gasteiger partial charge in [-0.3, -0.25) is 0 Å². The van der Waals surface area contributed by atoms with Crippen LogP contribution < -0.4 is 10.5 Å². The molecule has 1 rings (SSSR count). The lowest BCUT2D eigenvalue weighted by atomic mass is 9.96. The van der Waals surface area contributed by atoms with E-state index in [-0.39, 0.29) is 5.54 Å². The predicted octanol–water partition coefficient (Wildman–Crippen LogP) is 1.85. The Morgan fingerprint density at radius 3 is 2.56 bits per heavy atom. The molecule has 0 spiro atoms. The number of nitrogens with zero attached hydrogens (tertiary/aromatic N) is 2. The van der Waals surface area contributed by atoms with Crippen molar-refractivity contribution in [3.63, 3.8) is 0 Å². The van der Waals surface area contributed by atoms with Crippen molar-refractivity contribution >= 4 is 0 Å². The van der Waals surface area contributed by atoms with E-state index in [0.29, 0.717) is 18.1 Å². The van der Waals surface area contributed by atoms with Crippen LogP contribution in [0.4, 0.5) is 0 Å². The van der Waals surface area contributed by atoms with Crippen molar-refractivity contribution in [3.8, 4) is 11.9 Å². The summed E-state index contributed by atoms with van der Waals surface area (Å²) in [6.45, 7) is 4.52. The molecule has 0 aromatic carbocycles. The molecule has 0 atom stereocenters. The Balaban J connectivity index is 2.58. The van der Waals surface area contributed by atoms with Crippen molar-refractivity contribution < 1.29 is 4.74 Å². The van der Waals surface area contributed by atoms with Crippen LogP contribution in [0, 0.1) is 11.3 Å². The summed E-state index contributed by atoms with van der Waals surface area (Å²) in [4.78, 5) is 4.02. The van der Waals surface area contributed by atoms with Crippen molar-refractivity contribution in [1.29, 1.82) is 5.26 Å². The first kappa shape index (κ1) is 12.5. The average Bonchev–Trinajstić information content (AvgIpc) is 2.36. The SMILES string of the molecule is CCC(N)(CC)COc1ccc(C#N)cn1. The fourth-order valence-electron chi connectivity index (χ4n) is 1.20. The van der Waals surface area contributed by atoms with Crippen LogP contribution in [0.25, 0.3) is 0 Å². The summed E-state index contributed by atoms with van der Waals surface area (Å²) in [5, 5.41) is 8.61. The number of hydrogen-bond acceptors (Lipinski definition) is 4. The molecule has 0 amide bonds. The molecule has 1 heterocycles. The Morgan fingerprint density at radius 2 is 2.12 bits per heavy atom. The second-order valence-corrected chi connectivity index (χ2v) is 3.86. The van der Waals surface area contributed by atoms with Gasteiger partial charge >= 0.3 is 0 Å². The van der Waals surface area contributed by atoms with Gasteiger partial charge in [0.2, 0.25) is 5.88 Å². The lowest BCUT2D eigenvalue weighted by molar-refractivity contribution is 0.201. The first-order valence-corrected chi connectivity index (χ1v) is 5.41. The third-order valence-corrected chi connectivity index (χ3v) is 2.78. The topological polar surface area (TPSA) is 71.9 Å². The fraction of sp³-hybridized carbons (Fsp3) is 0.500. The molecule has 0 aliphatic carbocycles. The van der Waals surface area contributed by atoms with Gasteiger partial charge in [0.05, 0.1) is 5.56 Å². The molecule has 0 aliphatic rings. The highest BCUT2D eigenvalue weighted by Crippen LogP contribution is 2.14. The first-order valence-electron chi connectivity index (χ1n) is 5.41. The van der Waals surface area contributed by atoms with Gasteiger partial charge in [0.25, 0.3) is 0 Å². The Hall–Kier alpha value is -1.60. The van der Waals surface area contributed by atoms with E-state index in [1.807, 2.05) is 19.9 Å². The highest BCUT2D eigenvalue weighted by atomic mass is 16.5. The molecule has 0 aliphatic heterocycles. The van der Waals surface area contributed by atoms with E-state index in [1.165, 1.54) is 6.20 Å². The number of ether oxygens (including phenoxy) is 1. The summed E-state index contributed by atoms with van der Waals surface area (Å²) in [7, 11) is 0. The maximum absolute atomic E-state index is 8.61. The molecule has 86 valence electrons. The van der Waals surface area contributed by atoms with E-state index in [4.69, 9.17) is 15.7 Å². The lowest BCUT2D eigenvalue weighted by Crippen LogP contribution is -2.44. The zero-order valence-corrected chi connectivity index (χ0v) is 9.73. The Labute approximate surface area is 96.1 Å². The van der Waals surface area contributed by atoms with Gasteiger partial charge in [0.1, 0.15) is 12.7 Å². The van der Waals surface area contributed by atoms with Gasteiger partial charge in [0.15, 0.2) is 0 Å². The van der Waals surface area contributed by atoms with Crippen molar-refractivity contribution in [1.82, 2.24) is 4.98 Å². The van der Waals surface area contributed by atoms with E-state index in [2.05, 4.69) is 4.98 Å². The second kappa shape index (κ2) is 5.47. The molecule has 2 N–H and O–H groups in total. The molecule has 1 aromatic heterocycles. The highest BCUT2D eigenvalue weighted by molar-refractivity contribution is 5.28. The van der Waals surface area contributed by atoms with Crippen molar-refractivity contribution in [2.45, 2.75) is 32.2 Å². The van der Waals surface area contributed by atoms with Crippen molar-refractivity contribution in [2.75, 3.05) is 6.61 Å². The normalized spacial score (nSPS) is 10.9. The summed E-state index contributed by atoms with van der Waals surface area (Å²) in [6.07, 6.45) is 3.21. The average molecular weight is 219 g/mol. The summed E-state index contributed by atoms with van der Waals surface area (Å²) in [5.41, 5.74) is 6.32. The number of hydrogen-bond donors (Lipinski definition) is 1. The predicted molar refractivity (Wildman–Crippen MR) is 61.9 cm³/mol. The maximum Gasteiger partial charge on any atom is 0.213 e. The van der Waals surface area contributed by atoms with E-state index < -0.39 is 0 Å². The molecule has 0 bridgehead atoms. The van der Waals surface area contributed by atoms with Crippen molar-refractivity contribution in [3.05, 3.63) is 23.9 Å². The monoisotopic (exact) mass is 219 g/mol. The first-order chi connectivity index (χ1) is 7.63. The van der Waals surface area contributed by atoms with E-state index in [1.54, 1.807) is 12.1 Å². The van der Waals surface area contributed by atoms with Gasteiger partial charge in [-0.25, -0.2) is 4.98 Å². The number of nitrogens with two attached hydrogens (primary N) is 1. The fourth-order valence-corrected chi connectivity index (χ4v) is 1.20. The van der Waals surface area contributed by atoms with Crippen LogP contribution in [0.1, 0.15) is 32.3 Å². The molecule has 0 fully saturated rings. The van der Waals surface area contributed by atoms with Gasteiger partial charge in [-0.05, 0) is 18.9 Å². The molecule has 4 nitrogen and oxygen atoms in total. The number of pyridine rings is 1. The largest absolute Gasteiger partial charge is 0.476 e. The molecule has 0 radical (unpaired) electrons. The molecule has 0 unspecified atom stereocenters. The minimum atomic E-state index is -0.296. The van der Waals surface area contributed by atoms with Crippen LogP contribution in [0.3, 0.4) is 0 Å². The minimum Gasteiger partial charge on any atom is -0.476 e. The zero-order valence-electron chi connectivity index (χ0n) is 9.73. The van der Waals surface area contributed by atoms with Crippen LogP contribution in [-0.2, 0) is 0 Å². The van der Waals surface area contributed by atoms with Crippen LogP contribution in [0.2, 0.25) is 0 Å². The summed E-state index contributed by atoms with van der Waals surface area (Å²) in [5.74, 6) is 0.510. The molecule has 0 saturated carbocycles. The summed E-state index contributed by atoms with van der Waals surface area (Å²) in [6, 6.07) is 5.37. The van der Waals surface area contributed by atoms with Crippen LogP contribution in [0.5, 0.6) is 5.88 Å². The zero-order chi connectivity index (χ0) is 12.0. The highest BCUT2D eigenvalue weighted by Gasteiger charge is 2.21. The molecular formula is C12H17N3O. The van der Waals surface area contributed by atoms with Gasteiger partial charge in [0, 0.05) is 17.8 Å². The Morgan fingerprint density at radius 1 is 1.44 bits per heavy atom. The molecule has 0 saturated heterocycles. The maximum atomic E-state index is 8.61. The van der Waals surface area contributed by atoms with Crippen LogP contribution in [-0.4, -0.2) is 17.1 Å². The van der Waals surface area contributed by atoms with Gasteiger partial charge in [-0.1, -0.05) is 13.8 Å². The van der Waals surface area contributed by atoms with Gasteiger partial charge < -0.3 is 10.5 Å². The molecular weight excluding hydrogens is 202 g/mol. The number of rotatable bonds is 5.